The molecule has 2 aromatic carbocycles. The number of carbonyl (C=O) groups is 1. The highest BCUT2D eigenvalue weighted by Gasteiger charge is 2.16. The van der Waals surface area contributed by atoms with Crippen LogP contribution in [0.3, 0.4) is 0 Å². The van der Waals surface area contributed by atoms with E-state index in [-0.39, 0.29) is 11.4 Å². The predicted octanol–water partition coefficient (Wildman–Crippen LogP) is 4.58. The topological polar surface area (TPSA) is 91.8 Å². The molecule has 0 radical (unpaired) electrons. The average Bonchev–Trinajstić information content (AvgIpc) is 2.75. The third kappa shape index (κ3) is 4.75. The molecular weight excluding hydrogens is 442 g/mol. The van der Waals surface area contributed by atoms with Crippen LogP contribution in [0.25, 0.3) is 0 Å². The normalized spacial score (nSPS) is 10.2. The molecule has 0 atom stereocenters. The molecule has 0 aliphatic rings. The van der Waals surface area contributed by atoms with Gasteiger partial charge in [0.1, 0.15) is 11.3 Å². The van der Waals surface area contributed by atoms with Crippen molar-refractivity contribution in [3.05, 3.63) is 58.7 Å². The number of hydrogen-bond donors (Lipinski definition) is 1. The zero-order chi connectivity index (χ0) is 20.8. The summed E-state index contributed by atoms with van der Waals surface area (Å²) in [5.74, 6) is 1.52. The van der Waals surface area contributed by atoms with Crippen LogP contribution in [0.2, 0.25) is 0 Å². The lowest BCUT2D eigenvalue weighted by molar-refractivity contribution is 0.0598. The molecular formula is C20H18BrN3O5. The molecule has 1 aromatic heterocycles. The van der Waals surface area contributed by atoms with Crippen molar-refractivity contribution in [1.29, 1.82) is 0 Å². The molecule has 1 heterocycles. The SMILES string of the molecule is COC(=O)c1ccccc1Oc1nc(Nc2ccc(OC)c(OC)c2)ncc1Br. The Morgan fingerprint density at radius 1 is 1.00 bits per heavy atom. The molecule has 150 valence electrons. The summed E-state index contributed by atoms with van der Waals surface area (Å²) in [4.78, 5) is 20.6. The molecule has 0 bridgehead atoms. The lowest BCUT2D eigenvalue weighted by Crippen LogP contribution is -2.05. The minimum Gasteiger partial charge on any atom is -0.493 e. The van der Waals surface area contributed by atoms with Crippen LogP contribution in [0.1, 0.15) is 10.4 Å². The van der Waals surface area contributed by atoms with Gasteiger partial charge < -0.3 is 24.3 Å². The number of esters is 1. The number of nitrogens with zero attached hydrogens (tertiary/aromatic N) is 2. The Bertz CT molecular complexity index is 1030. The highest BCUT2D eigenvalue weighted by atomic mass is 79.9. The highest BCUT2D eigenvalue weighted by Crippen LogP contribution is 2.33. The van der Waals surface area contributed by atoms with E-state index in [0.717, 1.165) is 0 Å². The molecule has 0 unspecified atom stereocenters. The van der Waals surface area contributed by atoms with E-state index in [0.29, 0.717) is 33.4 Å². The molecule has 0 aliphatic heterocycles. The first-order valence-electron chi connectivity index (χ1n) is 8.42. The molecule has 0 saturated heterocycles. The summed E-state index contributed by atoms with van der Waals surface area (Å²) in [6.07, 6.45) is 1.55. The number of ether oxygens (including phenoxy) is 4. The fraction of sp³-hybridized carbons (Fsp3) is 0.150. The number of rotatable bonds is 7. The van der Waals surface area contributed by atoms with Crippen LogP contribution in [0, 0.1) is 0 Å². The van der Waals surface area contributed by atoms with Crippen LogP contribution < -0.4 is 19.5 Å². The molecule has 0 spiro atoms. The van der Waals surface area contributed by atoms with Gasteiger partial charge in [0, 0.05) is 11.8 Å². The van der Waals surface area contributed by atoms with Crippen LogP contribution in [0.4, 0.5) is 11.6 Å². The number of para-hydroxylation sites is 1. The third-order valence-corrected chi connectivity index (χ3v) is 4.39. The van der Waals surface area contributed by atoms with Gasteiger partial charge in [0.25, 0.3) is 0 Å². The Balaban J connectivity index is 1.87. The smallest absolute Gasteiger partial charge is 0.341 e. The summed E-state index contributed by atoms with van der Waals surface area (Å²) >= 11 is 3.36. The Morgan fingerprint density at radius 2 is 1.76 bits per heavy atom. The van der Waals surface area contributed by atoms with E-state index >= 15 is 0 Å². The number of hydrogen-bond acceptors (Lipinski definition) is 8. The summed E-state index contributed by atoms with van der Waals surface area (Å²) < 4.78 is 21.7. The lowest BCUT2D eigenvalue weighted by atomic mass is 10.2. The maximum atomic E-state index is 11.9. The highest BCUT2D eigenvalue weighted by molar-refractivity contribution is 9.10. The Kier molecular flexibility index (Phi) is 6.50. The van der Waals surface area contributed by atoms with Crippen LogP contribution in [0.5, 0.6) is 23.1 Å². The first kappa shape index (κ1) is 20.4. The second kappa shape index (κ2) is 9.24. The Labute approximate surface area is 175 Å². The van der Waals surface area contributed by atoms with E-state index in [1.807, 2.05) is 0 Å². The van der Waals surface area contributed by atoms with Crippen molar-refractivity contribution in [1.82, 2.24) is 9.97 Å². The zero-order valence-corrected chi connectivity index (χ0v) is 17.5. The average molecular weight is 460 g/mol. The van der Waals surface area contributed by atoms with Gasteiger partial charge in [-0.1, -0.05) is 12.1 Å². The largest absolute Gasteiger partial charge is 0.493 e. The summed E-state index contributed by atoms with van der Waals surface area (Å²) in [6.45, 7) is 0. The minimum absolute atomic E-state index is 0.235. The van der Waals surface area contributed by atoms with Crippen LogP contribution in [-0.2, 0) is 4.74 Å². The molecule has 0 aliphatic carbocycles. The van der Waals surface area contributed by atoms with Gasteiger partial charge in [0.2, 0.25) is 11.8 Å². The number of aromatic nitrogens is 2. The molecule has 3 aromatic rings. The third-order valence-electron chi connectivity index (χ3n) is 3.85. The molecule has 9 heteroatoms. The van der Waals surface area contributed by atoms with E-state index in [1.165, 1.54) is 7.11 Å². The van der Waals surface area contributed by atoms with Gasteiger partial charge in [-0.2, -0.15) is 4.98 Å². The fourth-order valence-corrected chi connectivity index (χ4v) is 2.74. The summed E-state index contributed by atoms with van der Waals surface area (Å²) in [6, 6.07) is 12.1. The maximum absolute atomic E-state index is 11.9. The molecule has 1 N–H and O–H groups in total. The predicted molar refractivity (Wildman–Crippen MR) is 110 cm³/mol. The maximum Gasteiger partial charge on any atom is 0.341 e. The number of carbonyl (C=O) groups excluding carboxylic acids is 1. The molecule has 3 rings (SSSR count). The lowest BCUT2D eigenvalue weighted by Gasteiger charge is -2.13. The van der Waals surface area contributed by atoms with E-state index in [4.69, 9.17) is 18.9 Å². The molecule has 0 saturated carbocycles. The fourth-order valence-electron chi connectivity index (χ4n) is 2.46. The van der Waals surface area contributed by atoms with Crippen molar-refractivity contribution >= 4 is 33.5 Å². The van der Waals surface area contributed by atoms with Crippen LogP contribution >= 0.6 is 15.9 Å². The van der Waals surface area contributed by atoms with Gasteiger partial charge in [-0.05, 0) is 40.2 Å². The van der Waals surface area contributed by atoms with E-state index < -0.39 is 5.97 Å². The van der Waals surface area contributed by atoms with E-state index in [1.54, 1.807) is 62.9 Å². The number of methoxy groups -OCH3 is 3. The van der Waals surface area contributed by atoms with Gasteiger partial charge in [0.15, 0.2) is 11.5 Å². The quantitative estimate of drug-likeness (QED) is 0.513. The van der Waals surface area contributed by atoms with Crippen molar-refractivity contribution in [3.63, 3.8) is 0 Å². The molecule has 0 fully saturated rings. The zero-order valence-electron chi connectivity index (χ0n) is 15.9. The van der Waals surface area contributed by atoms with Crippen LogP contribution in [0.15, 0.2) is 53.1 Å². The second-order valence-corrected chi connectivity index (χ2v) is 6.49. The van der Waals surface area contributed by atoms with Crippen molar-refractivity contribution in [2.24, 2.45) is 0 Å². The van der Waals surface area contributed by atoms with E-state index in [9.17, 15) is 4.79 Å². The van der Waals surface area contributed by atoms with Gasteiger partial charge >= 0.3 is 5.97 Å². The molecule has 8 nitrogen and oxygen atoms in total. The van der Waals surface area contributed by atoms with Gasteiger partial charge in [-0.15, -0.1) is 0 Å². The monoisotopic (exact) mass is 459 g/mol. The van der Waals surface area contributed by atoms with Crippen molar-refractivity contribution < 1.29 is 23.7 Å². The Hall–Kier alpha value is -3.33. The number of nitrogens with one attached hydrogen (secondary N) is 1. The molecule has 29 heavy (non-hydrogen) atoms. The second-order valence-electron chi connectivity index (χ2n) is 5.63. The van der Waals surface area contributed by atoms with Crippen molar-refractivity contribution in [3.8, 4) is 23.1 Å². The molecule has 0 amide bonds. The van der Waals surface area contributed by atoms with Crippen molar-refractivity contribution in [2.45, 2.75) is 0 Å². The van der Waals surface area contributed by atoms with Gasteiger partial charge in [0.05, 0.1) is 32.0 Å². The van der Waals surface area contributed by atoms with Gasteiger partial charge in [-0.25, -0.2) is 9.78 Å². The summed E-state index contributed by atoms with van der Waals surface area (Å²) in [7, 11) is 4.44. The first-order valence-corrected chi connectivity index (χ1v) is 9.21. The van der Waals surface area contributed by atoms with Crippen LogP contribution in [-0.4, -0.2) is 37.3 Å². The van der Waals surface area contributed by atoms with E-state index in [2.05, 4.69) is 31.2 Å². The van der Waals surface area contributed by atoms with Crippen molar-refractivity contribution in [2.75, 3.05) is 26.6 Å². The standard InChI is InChI=1S/C20H18BrN3O5/c1-26-16-9-8-12(10-17(16)27-2)23-20-22-11-14(21)18(24-20)29-15-7-5-4-6-13(15)19(25)28-3/h4-11H,1-3H3,(H,22,23,24). The number of benzene rings is 2. The summed E-state index contributed by atoms with van der Waals surface area (Å²) in [5, 5.41) is 3.08. The Morgan fingerprint density at radius 3 is 2.48 bits per heavy atom. The first-order chi connectivity index (χ1) is 14.0. The minimum atomic E-state index is -0.505. The van der Waals surface area contributed by atoms with Gasteiger partial charge in [-0.3, -0.25) is 0 Å². The number of halogens is 1. The number of anilines is 2. The summed E-state index contributed by atoms with van der Waals surface area (Å²) in [5.41, 5.74) is 0.987.